The molecule has 1 heterocycles. The molecule has 0 aliphatic carbocycles. The van der Waals surface area contributed by atoms with E-state index in [9.17, 15) is 14.3 Å². The molecule has 1 aromatic heterocycles. The van der Waals surface area contributed by atoms with Gasteiger partial charge in [0.1, 0.15) is 11.9 Å². The number of carboxylic acid groups (broad SMARTS) is 1. The first-order chi connectivity index (χ1) is 10.1. The van der Waals surface area contributed by atoms with Gasteiger partial charge in [-0.2, -0.15) is 0 Å². The largest absolute Gasteiger partial charge is 0.547 e. The minimum Gasteiger partial charge on any atom is -0.547 e. The number of carbonyl (C=O) groups is 1. The molecule has 118 valence electrons. The second kappa shape index (κ2) is 6.08. The highest BCUT2D eigenvalue weighted by Gasteiger charge is 2.27. The second-order valence-electron chi connectivity index (χ2n) is 5.99. The Balaban J connectivity index is 2.72. The van der Waals surface area contributed by atoms with Crippen LogP contribution in [0.15, 0.2) is 18.2 Å². The van der Waals surface area contributed by atoms with E-state index in [4.69, 9.17) is 4.74 Å². The molecule has 0 saturated heterocycles. The Morgan fingerprint density at radius 1 is 1.41 bits per heavy atom. The van der Waals surface area contributed by atoms with E-state index in [2.05, 4.69) is 4.98 Å². The van der Waals surface area contributed by atoms with Gasteiger partial charge in [-0.3, -0.25) is 4.98 Å². The molecule has 0 fully saturated rings. The third kappa shape index (κ3) is 3.38. The number of fused-ring (bicyclic) bond motifs is 1. The van der Waals surface area contributed by atoms with Gasteiger partial charge in [-0.1, -0.05) is 6.07 Å². The number of nitrogens with zero attached hydrogens (tertiary/aromatic N) is 1. The van der Waals surface area contributed by atoms with Crippen molar-refractivity contribution < 1.29 is 19.0 Å². The summed E-state index contributed by atoms with van der Waals surface area (Å²) in [6.07, 6.45) is -1.30. The monoisotopic (exact) mass is 416 g/mol. The standard InChI is InChI=1S/C16H17FINO3/c1-8-11(14(15(20)21)22-16(2,3)4)13(18)12-9(17)6-5-7-10(12)19-8/h5-7,14H,1-4H3,(H,20,21)/p-1. The molecule has 2 aromatic rings. The van der Waals surface area contributed by atoms with Crippen LogP contribution >= 0.6 is 22.6 Å². The number of benzene rings is 1. The third-order valence-electron chi connectivity index (χ3n) is 3.07. The maximum atomic E-state index is 14.1. The van der Waals surface area contributed by atoms with Crippen LogP contribution in [-0.2, 0) is 9.53 Å². The van der Waals surface area contributed by atoms with Crippen LogP contribution in [-0.4, -0.2) is 16.6 Å². The van der Waals surface area contributed by atoms with Gasteiger partial charge in [-0.05, 0) is 62.4 Å². The van der Waals surface area contributed by atoms with Crippen molar-refractivity contribution in [1.82, 2.24) is 4.98 Å². The predicted octanol–water partition coefficient (Wildman–Crippen LogP) is 2.89. The van der Waals surface area contributed by atoms with Crippen LogP contribution in [0.5, 0.6) is 0 Å². The molecule has 1 aromatic carbocycles. The van der Waals surface area contributed by atoms with Gasteiger partial charge in [-0.25, -0.2) is 4.39 Å². The number of carboxylic acids is 1. The lowest BCUT2D eigenvalue weighted by molar-refractivity contribution is -0.321. The summed E-state index contributed by atoms with van der Waals surface area (Å²) in [4.78, 5) is 15.9. The highest BCUT2D eigenvalue weighted by Crippen LogP contribution is 2.34. The van der Waals surface area contributed by atoms with Gasteiger partial charge in [0.05, 0.1) is 17.1 Å². The Morgan fingerprint density at radius 3 is 2.59 bits per heavy atom. The number of pyridine rings is 1. The van der Waals surface area contributed by atoms with Gasteiger partial charge in [0.15, 0.2) is 0 Å². The number of aryl methyl sites for hydroxylation is 1. The minimum absolute atomic E-state index is 0.299. The molecule has 0 radical (unpaired) electrons. The fraction of sp³-hybridized carbons (Fsp3) is 0.375. The van der Waals surface area contributed by atoms with Crippen molar-refractivity contribution in [2.45, 2.75) is 39.4 Å². The molecule has 4 nitrogen and oxygen atoms in total. The summed E-state index contributed by atoms with van der Waals surface area (Å²) in [5.41, 5.74) is 0.623. The molecule has 0 N–H and O–H groups in total. The molecule has 0 spiro atoms. The molecule has 1 atom stereocenters. The number of aliphatic carboxylic acids is 1. The quantitative estimate of drug-likeness (QED) is 0.723. The Morgan fingerprint density at radius 2 is 2.05 bits per heavy atom. The normalized spacial score (nSPS) is 13.4. The zero-order chi connectivity index (χ0) is 16.7. The summed E-state index contributed by atoms with van der Waals surface area (Å²) in [5, 5.41) is 11.8. The highest BCUT2D eigenvalue weighted by atomic mass is 127. The van der Waals surface area contributed by atoms with Crippen molar-refractivity contribution in [1.29, 1.82) is 0 Å². The number of rotatable bonds is 3. The van der Waals surface area contributed by atoms with E-state index >= 15 is 0 Å². The van der Waals surface area contributed by atoms with E-state index in [1.165, 1.54) is 6.07 Å². The second-order valence-corrected chi connectivity index (χ2v) is 7.07. The van der Waals surface area contributed by atoms with Gasteiger partial charge < -0.3 is 14.6 Å². The topological polar surface area (TPSA) is 62.2 Å². The number of hydrogen-bond donors (Lipinski definition) is 0. The molecule has 6 heteroatoms. The SMILES string of the molecule is Cc1nc2cccc(F)c2c(I)c1C(OC(C)(C)C)C(=O)[O-]. The van der Waals surface area contributed by atoms with E-state index in [0.29, 0.717) is 25.7 Å². The van der Waals surface area contributed by atoms with E-state index in [1.807, 2.05) is 22.6 Å². The molecular formula is C16H16FINO3-. The molecular weight excluding hydrogens is 400 g/mol. The highest BCUT2D eigenvalue weighted by molar-refractivity contribution is 14.1. The van der Waals surface area contributed by atoms with Crippen molar-refractivity contribution in [2.75, 3.05) is 0 Å². The molecule has 22 heavy (non-hydrogen) atoms. The fourth-order valence-corrected chi connectivity index (χ4v) is 3.45. The molecule has 1 unspecified atom stereocenters. The molecule has 0 bridgehead atoms. The van der Waals surface area contributed by atoms with Crippen LogP contribution in [0.1, 0.15) is 38.1 Å². The van der Waals surface area contributed by atoms with Crippen molar-refractivity contribution >= 4 is 39.5 Å². The first-order valence-corrected chi connectivity index (χ1v) is 7.82. The smallest absolute Gasteiger partial charge is 0.133 e. The van der Waals surface area contributed by atoms with Crippen LogP contribution in [0.3, 0.4) is 0 Å². The number of hydrogen-bond acceptors (Lipinski definition) is 4. The van der Waals surface area contributed by atoms with Crippen LogP contribution < -0.4 is 5.11 Å². The van der Waals surface area contributed by atoms with Crippen LogP contribution in [0.25, 0.3) is 10.9 Å². The van der Waals surface area contributed by atoms with E-state index in [1.54, 1.807) is 39.8 Å². The van der Waals surface area contributed by atoms with Gasteiger partial charge in [-0.15, -0.1) is 0 Å². The van der Waals surface area contributed by atoms with Crippen molar-refractivity contribution in [2.24, 2.45) is 0 Å². The number of aromatic nitrogens is 1. The van der Waals surface area contributed by atoms with Crippen LogP contribution in [0.2, 0.25) is 0 Å². The molecule has 0 saturated carbocycles. The molecule has 2 rings (SSSR count). The summed E-state index contributed by atoms with van der Waals surface area (Å²) in [5.74, 6) is -1.81. The first-order valence-electron chi connectivity index (χ1n) is 6.74. The predicted molar refractivity (Wildman–Crippen MR) is 87.7 cm³/mol. The molecule has 0 aliphatic heterocycles. The van der Waals surface area contributed by atoms with Gasteiger partial charge >= 0.3 is 0 Å². The minimum atomic E-state index is -1.37. The zero-order valence-corrected chi connectivity index (χ0v) is 14.9. The molecule has 0 amide bonds. The summed E-state index contributed by atoms with van der Waals surface area (Å²) in [6.45, 7) is 6.93. The van der Waals surface area contributed by atoms with Crippen LogP contribution in [0, 0.1) is 16.3 Å². The van der Waals surface area contributed by atoms with Crippen molar-refractivity contribution in [3.63, 3.8) is 0 Å². The van der Waals surface area contributed by atoms with Crippen molar-refractivity contribution in [3.05, 3.63) is 38.8 Å². The maximum absolute atomic E-state index is 14.1. The number of ether oxygens (including phenoxy) is 1. The maximum Gasteiger partial charge on any atom is 0.133 e. The molecule has 0 aliphatic rings. The Hall–Kier alpha value is -1.28. The lowest BCUT2D eigenvalue weighted by Gasteiger charge is -2.30. The first kappa shape index (κ1) is 17.1. The van der Waals surface area contributed by atoms with Gasteiger partial charge in [0.25, 0.3) is 0 Å². The summed E-state index contributed by atoms with van der Waals surface area (Å²) < 4.78 is 20.2. The average Bonchev–Trinajstić information content (AvgIpc) is 2.35. The van der Waals surface area contributed by atoms with Crippen molar-refractivity contribution in [3.8, 4) is 0 Å². The third-order valence-corrected chi connectivity index (χ3v) is 4.19. The Kier molecular flexibility index (Phi) is 4.72. The average molecular weight is 416 g/mol. The Labute approximate surface area is 141 Å². The lowest BCUT2D eigenvalue weighted by atomic mass is 10.0. The Bertz CT molecular complexity index is 740. The lowest BCUT2D eigenvalue weighted by Crippen LogP contribution is -2.37. The van der Waals surface area contributed by atoms with Crippen LogP contribution in [0.4, 0.5) is 4.39 Å². The zero-order valence-electron chi connectivity index (χ0n) is 12.7. The summed E-state index contributed by atoms with van der Waals surface area (Å²) >= 11 is 1.94. The fourth-order valence-electron chi connectivity index (χ4n) is 2.24. The van der Waals surface area contributed by atoms with E-state index in [0.717, 1.165) is 0 Å². The number of carbonyl (C=O) groups excluding carboxylic acids is 1. The van der Waals surface area contributed by atoms with Gasteiger partial charge in [0.2, 0.25) is 0 Å². The van der Waals surface area contributed by atoms with E-state index < -0.39 is 23.5 Å². The summed E-state index contributed by atoms with van der Waals surface area (Å²) in [6, 6.07) is 4.58. The van der Waals surface area contributed by atoms with Gasteiger partial charge in [0, 0.05) is 20.2 Å². The summed E-state index contributed by atoms with van der Waals surface area (Å²) in [7, 11) is 0. The van der Waals surface area contributed by atoms with E-state index in [-0.39, 0.29) is 0 Å². The number of halogens is 2.